The van der Waals surface area contributed by atoms with Gasteiger partial charge in [-0.25, -0.2) is 0 Å². The third-order valence-corrected chi connectivity index (χ3v) is 1.97. The summed E-state index contributed by atoms with van der Waals surface area (Å²) < 4.78 is 0. The summed E-state index contributed by atoms with van der Waals surface area (Å²) in [7, 11) is 0. The minimum absolute atomic E-state index is 1.24. The van der Waals surface area contributed by atoms with Crippen LogP contribution < -0.4 is 0 Å². The molecule has 0 aliphatic rings. The highest BCUT2D eigenvalue weighted by atomic mass is 14.0. The Labute approximate surface area is 65.3 Å². The van der Waals surface area contributed by atoms with Gasteiger partial charge in [-0.2, -0.15) is 0 Å². The van der Waals surface area contributed by atoms with Crippen molar-refractivity contribution in [2.75, 3.05) is 0 Å². The Kier molecular flexibility index (Phi) is 5.38. The maximum absolute atomic E-state index is 2.25. The fraction of sp³-hybridized carbons (Fsp3) is 0.800. The molecule has 0 fully saturated rings. The second-order valence-corrected chi connectivity index (χ2v) is 3.06. The minimum Gasteiger partial charge on any atom is -0.0772 e. The first-order valence-corrected chi connectivity index (χ1v) is 4.37. The van der Waals surface area contributed by atoms with Crippen LogP contribution in [-0.2, 0) is 0 Å². The van der Waals surface area contributed by atoms with Gasteiger partial charge in [-0.1, -0.05) is 31.4 Å². The zero-order valence-electron chi connectivity index (χ0n) is 7.83. The molecule has 0 heterocycles. The standard InChI is InChI=1S/C10H20/c1-5-7-8-10(6-2)9(3)4/h5-8H2,1-4H3. The van der Waals surface area contributed by atoms with Crippen LogP contribution in [0.3, 0.4) is 0 Å². The maximum Gasteiger partial charge on any atom is -0.0318 e. The van der Waals surface area contributed by atoms with E-state index in [1.807, 2.05) is 0 Å². The van der Waals surface area contributed by atoms with Crippen LogP contribution in [0, 0.1) is 0 Å². The molecule has 0 spiro atoms. The summed E-state index contributed by atoms with van der Waals surface area (Å²) in [5, 5.41) is 0. The lowest BCUT2D eigenvalue weighted by atomic mass is 10.0. The Morgan fingerprint density at radius 1 is 1.10 bits per heavy atom. The summed E-state index contributed by atoms with van der Waals surface area (Å²) in [6.45, 7) is 8.93. The van der Waals surface area contributed by atoms with Crippen LogP contribution in [0.1, 0.15) is 53.4 Å². The molecule has 0 atom stereocenters. The monoisotopic (exact) mass is 140 g/mol. The van der Waals surface area contributed by atoms with Gasteiger partial charge < -0.3 is 0 Å². The minimum atomic E-state index is 1.24. The first-order chi connectivity index (χ1) is 4.72. The second-order valence-electron chi connectivity index (χ2n) is 3.06. The molecule has 0 bridgehead atoms. The van der Waals surface area contributed by atoms with Gasteiger partial charge in [0, 0.05) is 0 Å². The molecule has 0 heteroatoms. The van der Waals surface area contributed by atoms with Crippen LogP contribution in [0.25, 0.3) is 0 Å². The zero-order valence-corrected chi connectivity index (χ0v) is 7.83. The third kappa shape index (κ3) is 3.71. The lowest BCUT2D eigenvalue weighted by Crippen LogP contribution is -1.84. The Morgan fingerprint density at radius 2 is 1.70 bits per heavy atom. The molecule has 0 saturated carbocycles. The van der Waals surface area contributed by atoms with E-state index in [0.717, 1.165) is 0 Å². The van der Waals surface area contributed by atoms with Crippen molar-refractivity contribution in [1.29, 1.82) is 0 Å². The van der Waals surface area contributed by atoms with Gasteiger partial charge in [0.1, 0.15) is 0 Å². The molecule has 0 saturated heterocycles. The van der Waals surface area contributed by atoms with E-state index in [1.165, 1.54) is 31.3 Å². The number of allylic oxidation sites excluding steroid dienone is 2. The first-order valence-electron chi connectivity index (χ1n) is 4.37. The predicted octanol–water partition coefficient (Wildman–Crippen LogP) is 3.92. The highest BCUT2D eigenvalue weighted by Crippen LogP contribution is 2.14. The van der Waals surface area contributed by atoms with Gasteiger partial charge in [-0.05, 0) is 33.1 Å². The molecule has 0 nitrogen and oxygen atoms in total. The van der Waals surface area contributed by atoms with E-state index in [4.69, 9.17) is 0 Å². The van der Waals surface area contributed by atoms with E-state index < -0.39 is 0 Å². The fourth-order valence-electron chi connectivity index (χ4n) is 1.17. The van der Waals surface area contributed by atoms with E-state index in [-0.39, 0.29) is 0 Å². The summed E-state index contributed by atoms with van der Waals surface area (Å²) in [5.41, 5.74) is 3.18. The molecule has 0 N–H and O–H groups in total. The average Bonchev–Trinajstić information content (AvgIpc) is 1.89. The second kappa shape index (κ2) is 5.52. The Bertz CT molecular complexity index is 105. The van der Waals surface area contributed by atoms with Gasteiger partial charge in [0.25, 0.3) is 0 Å². The summed E-state index contributed by atoms with van der Waals surface area (Å²) in [6.07, 6.45) is 5.22. The van der Waals surface area contributed by atoms with Crippen molar-refractivity contribution in [3.8, 4) is 0 Å². The molecule has 10 heavy (non-hydrogen) atoms. The number of rotatable bonds is 4. The molecule has 0 rings (SSSR count). The summed E-state index contributed by atoms with van der Waals surface area (Å²) in [4.78, 5) is 0. The molecule has 0 aliphatic heterocycles. The van der Waals surface area contributed by atoms with E-state index in [2.05, 4.69) is 27.7 Å². The van der Waals surface area contributed by atoms with Crippen molar-refractivity contribution in [1.82, 2.24) is 0 Å². The number of hydrogen-bond donors (Lipinski definition) is 0. The lowest BCUT2D eigenvalue weighted by Gasteiger charge is -2.04. The molecule has 60 valence electrons. The highest BCUT2D eigenvalue weighted by Gasteiger charge is 1.94. The van der Waals surface area contributed by atoms with Gasteiger partial charge in [0.2, 0.25) is 0 Å². The SMILES string of the molecule is CCCCC(CC)=C(C)C. The van der Waals surface area contributed by atoms with E-state index in [1.54, 1.807) is 5.57 Å². The van der Waals surface area contributed by atoms with Crippen molar-refractivity contribution >= 4 is 0 Å². The third-order valence-electron chi connectivity index (χ3n) is 1.97. The number of hydrogen-bond acceptors (Lipinski definition) is 0. The van der Waals surface area contributed by atoms with Crippen LogP contribution >= 0.6 is 0 Å². The van der Waals surface area contributed by atoms with Crippen LogP contribution in [-0.4, -0.2) is 0 Å². The maximum atomic E-state index is 2.25. The van der Waals surface area contributed by atoms with Crippen molar-refractivity contribution < 1.29 is 0 Å². The van der Waals surface area contributed by atoms with E-state index in [0.29, 0.717) is 0 Å². The molecule has 0 unspecified atom stereocenters. The summed E-state index contributed by atoms with van der Waals surface area (Å²) in [6, 6.07) is 0. The normalized spacial score (nSPS) is 9.60. The van der Waals surface area contributed by atoms with Crippen LogP contribution in [0.5, 0.6) is 0 Å². The van der Waals surface area contributed by atoms with Crippen LogP contribution in [0.4, 0.5) is 0 Å². The van der Waals surface area contributed by atoms with Crippen LogP contribution in [0.15, 0.2) is 11.1 Å². The molecule has 0 radical (unpaired) electrons. The molecular formula is C10H20. The quantitative estimate of drug-likeness (QED) is 0.519. The molecule has 0 amide bonds. The summed E-state index contributed by atoms with van der Waals surface area (Å²) in [5.74, 6) is 0. The van der Waals surface area contributed by atoms with E-state index >= 15 is 0 Å². The van der Waals surface area contributed by atoms with Gasteiger partial charge in [-0.15, -0.1) is 0 Å². The molecule has 0 aromatic carbocycles. The van der Waals surface area contributed by atoms with Gasteiger partial charge in [0.15, 0.2) is 0 Å². The summed E-state index contributed by atoms with van der Waals surface area (Å²) >= 11 is 0. The van der Waals surface area contributed by atoms with Crippen molar-refractivity contribution in [2.45, 2.75) is 53.4 Å². The largest absolute Gasteiger partial charge is 0.0772 e. The van der Waals surface area contributed by atoms with Gasteiger partial charge in [-0.3, -0.25) is 0 Å². The molecule has 0 aromatic heterocycles. The Hall–Kier alpha value is -0.260. The smallest absolute Gasteiger partial charge is 0.0318 e. The fourth-order valence-corrected chi connectivity index (χ4v) is 1.17. The van der Waals surface area contributed by atoms with Crippen LogP contribution in [0.2, 0.25) is 0 Å². The number of unbranched alkanes of at least 4 members (excludes halogenated alkanes) is 1. The first kappa shape index (κ1) is 9.74. The predicted molar refractivity (Wildman–Crippen MR) is 48.2 cm³/mol. The van der Waals surface area contributed by atoms with Gasteiger partial charge >= 0.3 is 0 Å². The molecule has 0 aromatic rings. The van der Waals surface area contributed by atoms with Crippen molar-refractivity contribution in [3.63, 3.8) is 0 Å². The average molecular weight is 140 g/mol. The lowest BCUT2D eigenvalue weighted by molar-refractivity contribution is 0.758. The topological polar surface area (TPSA) is 0 Å². The Morgan fingerprint density at radius 3 is 2.00 bits per heavy atom. The van der Waals surface area contributed by atoms with E-state index in [9.17, 15) is 0 Å². The van der Waals surface area contributed by atoms with Gasteiger partial charge in [0.05, 0.1) is 0 Å². The van der Waals surface area contributed by atoms with Crippen molar-refractivity contribution in [3.05, 3.63) is 11.1 Å². The molecular weight excluding hydrogens is 120 g/mol. The van der Waals surface area contributed by atoms with Crippen molar-refractivity contribution in [2.24, 2.45) is 0 Å². The highest BCUT2D eigenvalue weighted by molar-refractivity contribution is 5.08. The molecule has 0 aliphatic carbocycles. The zero-order chi connectivity index (χ0) is 7.98. The Balaban J connectivity index is 3.73.